The van der Waals surface area contributed by atoms with Crippen LogP contribution in [0.25, 0.3) is 0 Å². The highest BCUT2D eigenvalue weighted by atomic mass is 16.5. The molecule has 2 N–H and O–H groups in total. The normalized spacial score (nSPS) is 24.0. The molecule has 1 aromatic rings. The van der Waals surface area contributed by atoms with Crippen molar-refractivity contribution < 1.29 is 19.4 Å². The van der Waals surface area contributed by atoms with Crippen molar-refractivity contribution in [2.24, 2.45) is 11.8 Å². The molecule has 0 bridgehead atoms. The minimum Gasteiger partial charge on any atom is -0.490 e. The van der Waals surface area contributed by atoms with Gasteiger partial charge in [0.1, 0.15) is 5.75 Å². The van der Waals surface area contributed by atoms with Crippen LogP contribution in [0.5, 0.6) is 5.75 Å². The van der Waals surface area contributed by atoms with Crippen LogP contribution in [0.2, 0.25) is 0 Å². The van der Waals surface area contributed by atoms with E-state index in [1.54, 1.807) is 0 Å². The summed E-state index contributed by atoms with van der Waals surface area (Å²) in [5.74, 6) is -0.134. The van der Waals surface area contributed by atoms with Gasteiger partial charge in [0.2, 0.25) is 5.91 Å². The summed E-state index contributed by atoms with van der Waals surface area (Å²) in [5.41, 5.74) is 1.05. The Morgan fingerprint density at radius 2 is 1.54 bits per heavy atom. The number of aliphatic carboxylic acids is 1. The molecule has 0 atom stereocenters. The summed E-state index contributed by atoms with van der Waals surface area (Å²) in [4.78, 5) is 23.3. The lowest BCUT2D eigenvalue weighted by Crippen LogP contribution is -2.34. The quantitative estimate of drug-likeness (QED) is 0.807. The smallest absolute Gasteiger partial charge is 0.306 e. The molecule has 142 valence electrons. The number of amides is 1. The van der Waals surface area contributed by atoms with Crippen molar-refractivity contribution in [2.45, 2.75) is 70.4 Å². The van der Waals surface area contributed by atoms with Gasteiger partial charge in [0.05, 0.1) is 12.0 Å². The van der Waals surface area contributed by atoms with E-state index in [1.165, 1.54) is 19.3 Å². The zero-order valence-electron chi connectivity index (χ0n) is 15.3. The molecule has 1 aromatic carbocycles. The highest BCUT2D eigenvalue weighted by Crippen LogP contribution is 2.29. The third kappa shape index (κ3) is 5.23. The highest BCUT2D eigenvalue weighted by Gasteiger charge is 2.29. The Morgan fingerprint density at radius 1 is 0.923 bits per heavy atom. The van der Waals surface area contributed by atoms with E-state index in [0.29, 0.717) is 38.3 Å². The largest absolute Gasteiger partial charge is 0.490 e. The summed E-state index contributed by atoms with van der Waals surface area (Å²) in [6.07, 6.45) is 8.97. The number of hydrogen-bond acceptors (Lipinski definition) is 3. The number of benzene rings is 1. The second-order valence-electron chi connectivity index (χ2n) is 7.63. The number of nitrogens with one attached hydrogen (secondary N) is 1. The first-order valence-electron chi connectivity index (χ1n) is 9.88. The van der Waals surface area contributed by atoms with Crippen molar-refractivity contribution in [3.05, 3.63) is 29.8 Å². The average molecular weight is 359 g/mol. The molecule has 26 heavy (non-hydrogen) atoms. The summed E-state index contributed by atoms with van der Waals surface area (Å²) >= 11 is 0. The van der Waals surface area contributed by atoms with E-state index in [9.17, 15) is 9.59 Å². The Kier molecular flexibility index (Phi) is 6.53. The number of rotatable bonds is 6. The van der Waals surface area contributed by atoms with Crippen LogP contribution >= 0.6 is 0 Å². The minimum absolute atomic E-state index is 0.0383. The van der Waals surface area contributed by atoms with Gasteiger partial charge in [-0.15, -0.1) is 0 Å². The third-order valence-corrected chi connectivity index (χ3v) is 5.69. The van der Waals surface area contributed by atoms with E-state index in [4.69, 9.17) is 9.84 Å². The standard InChI is InChI=1S/C21H29NO4/c23-20(16-8-10-17(11-9-16)21(24)25)22-14-15-6-12-19(13-7-15)26-18-4-2-1-3-5-18/h6-7,12-13,16-18H,1-5,8-11,14H2,(H,22,23)(H,24,25). The SMILES string of the molecule is O=C(O)C1CCC(C(=O)NCc2ccc(OC3CCCCC3)cc2)CC1. The van der Waals surface area contributed by atoms with E-state index in [-0.39, 0.29) is 17.7 Å². The summed E-state index contributed by atoms with van der Waals surface area (Å²) < 4.78 is 6.03. The maximum Gasteiger partial charge on any atom is 0.306 e. The predicted octanol–water partition coefficient (Wildman–Crippen LogP) is 3.91. The molecule has 0 aromatic heterocycles. The minimum atomic E-state index is -0.737. The number of carboxylic acid groups (broad SMARTS) is 1. The van der Waals surface area contributed by atoms with E-state index in [0.717, 1.165) is 24.2 Å². The van der Waals surface area contributed by atoms with E-state index in [2.05, 4.69) is 5.32 Å². The van der Waals surface area contributed by atoms with Crippen molar-refractivity contribution in [1.29, 1.82) is 0 Å². The van der Waals surface area contributed by atoms with Gasteiger partial charge in [-0.2, -0.15) is 0 Å². The first-order chi connectivity index (χ1) is 12.6. The fourth-order valence-corrected chi connectivity index (χ4v) is 4.00. The first-order valence-corrected chi connectivity index (χ1v) is 9.88. The number of carbonyl (C=O) groups excluding carboxylic acids is 1. The average Bonchev–Trinajstić information content (AvgIpc) is 2.68. The van der Waals surface area contributed by atoms with Crippen LogP contribution in [0.3, 0.4) is 0 Å². The molecule has 0 radical (unpaired) electrons. The maximum absolute atomic E-state index is 12.3. The molecule has 0 heterocycles. The molecule has 2 aliphatic carbocycles. The van der Waals surface area contributed by atoms with Crippen LogP contribution < -0.4 is 10.1 Å². The lowest BCUT2D eigenvalue weighted by molar-refractivity contribution is -0.144. The van der Waals surface area contributed by atoms with Crippen LogP contribution in [-0.4, -0.2) is 23.1 Å². The molecule has 5 heteroatoms. The predicted molar refractivity (Wildman–Crippen MR) is 98.9 cm³/mol. The van der Waals surface area contributed by atoms with Crippen LogP contribution in [0.15, 0.2) is 24.3 Å². The Morgan fingerprint density at radius 3 is 2.15 bits per heavy atom. The Bertz CT molecular complexity index is 599. The molecule has 0 saturated heterocycles. The Labute approximate surface area is 155 Å². The van der Waals surface area contributed by atoms with Gasteiger partial charge in [0, 0.05) is 12.5 Å². The summed E-state index contributed by atoms with van der Waals surface area (Å²) in [6.45, 7) is 0.501. The van der Waals surface area contributed by atoms with Gasteiger partial charge in [-0.3, -0.25) is 9.59 Å². The Balaban J connectivity index is 1.41. The van der Waals surface area contributed by atoms with Gasteiger partial charge >= 0.3 is 5.97 Å². The van der Waals surface area contributed by atoms with Gasteiger partial charge in [0.25, 0.3) is 0 Å². The lowest BCUT2D eigenvalue weighted by atomic mass is 9.81. The molecule has 0 aliphatic heterocycles. The second-order valence-corrected chi connectivity index (χ2v) is 7.63. The zero-order chi connectivity index (χ0) is 18.4. The summed E-state index contributed by atoms with van der Waals surface area (Å²) in [5, 5.41) is 12.0. The van der Waals surface area contributed by atoms with E-state index >= 15 is 0 Å². The first kappa shape index (κ1) is 18.7. The van der Waals surface area contributed by atoms with Gasteiger partial charge in [0.15, 0.2) is 0 Å². The highest BCUT2D eigenvalue weighted by molar-refractivity contribution is 5.79. The van der Waals surface area contributed by atoms with E-state index < -0.39 is 5.97 Å². The fraction of sp³-hybridized carbons (Fsp3) is 0.619. The monoisotopic (exact) mass is 359 g/mol. The van der Waals surface area contributed by atoms with Crippen molar-refractivity contribution in [1.82, 2.24) is 5.32 Å². The molecular weight excluding hydrogens is 330 g/mol. The lowest BCUT2D eigenvalue weighted by Gasteiger charge is -2.25. The van der Waals surface area contributed by atoms with Gasteiger partial charge in [-0.1, -0.05) is 18.6 Å². The van der Waals surface area contributed by atoms with Gasteiger partial charge in [-0.05, 0) is 69.1 Å². The molecular formula is C21H29NO4. The molecule has 2 fully saturated rings. The van der Waals surface area contributed by atoms with Crippen LogP contribution in [0.1, 0.15) is 63.4 Å². The maximum atomic E-state index is 12.3. The van der Waals surface area contributed by atoms with Crippen LogP contribution in [-0.2, 0) is 16.1 Å². The summed E-state index contributed by atoms with van der Waals surface area (Å²) in [6, 6.07) is 7.96. The van der Waals surface area contributed by atoms with Crippen molar-refractivity contribution >= 4 is 11.9 Å². The van der Waals surface area contributed by atoms with Gasteiger partial charge < -0.3 is 15.2 Å². The van der Waals surface area contributed by atoms with Gasteiger partial charge in [-0.25, -0.2) is 0 Å². The fourth-order valence-electron chi connectivity index (χ4n) is 4.00. The zero-order valence-corrected chi connectivity index (χ0v) is 15.3. The number of hydrogen-bond donors (Lipinski definition) is 2. The molecule has 3 rings (SSSR count). The topological polar surface area (TPSA) is 75.6 Å². The number of ether oxygens (including phenoxy) is 1. The van der Waals surface area contributed by atoms with Crippen molar-refractivity contribution in [2.75, 3.05) is 0 Å². The number of carbonyl (C=O) groups is 2. The third-order valence-electron chi connectivity index (χ3n) is 5.69. The molecule has 5 nitrogen and oxygen atoms in total. The molecule has 2 saturated carbocycles. The molecule has 0 spiro atoms. The number of carboxylic acids is 1. The van der Waals surface area contributed by atoms with Crippen LogP contribution in [0, 0.1) is 11.8 Å². The summed E-state index contributed by atoms with van der Waals surface area (Å²) in [7, 11) is 0. The van der Waals surface area contributed by atoms with E-state index in [1.807, 2.05) is 24.3 Å². The van der Waals surface area contributed by atoms with Crippen molar-refractivity contribution in [3.63, 3.8) is 0 Å². The van der Waals surface area contributed by atoms with Crippen LogP contribution in [0.4, 0.5) is 0 Å². The second kappa shape index (κ2) is 9.06. The van der Waals surface area contributed by atoms with Crippen molar-refractivity contribution in [3.8, 4) is 5.75 Å². The molecule has 0 unspecified atom stereocenters. The molecule has 1 amide bonds. The molecule has 2 aliphatic rings. The Hall–Kier alpha value is -2.04.